The second-order valence-corrected chi connectivity index (χ2v) is 5.72. The highest BCUT2D eigenvalue weighted by Gasteiger charge is 2.18. The lowest BCUT2D eigenvalue weighted by Crippen LogP contribution is -2.30. The molecule has 1 aliphatic rings. The van der Waals surface area contributed by atoms with Crippen molar-refractivity contribution in [3.8, 4) is 0 Å². The summed E-state index contributed by atoms with van der Waals surface area (Å²) in [6.07, 6.45) is 3.57. The average Bonchev–Trinajstić information content (AvgIpc) is 2.27. The molecule has 1 fully saturated rings. The molecule has 0 bridgehead atoms. The van der Waals surface area contributed by atoms with Crippen molar-refractivity contribution in [2.75, 3.05) is 22.6 Å². The van der Waals surface area contributed by atoms with Crippen molar-refractivity contribution in [1.82, 2.24) is 9.97 Å². The lowest BCUT2D eigenvalue weighted by molar-refractivity contribution is 0.622. The van der Waals surface area contributed by atoms with Gasteiger partial charge in [0.15, 0.2) is 0 Å². The zero-order valence-electron chi connectivity index (χ0n) is 9.27. The number of nitrogens with two attached hydrogens (primary N) is 1. The quantitative estimate of drug-likeness (QED) is 0.795. The van der Waals surface area contributed by atoms with E-state index in [9.17, 15) is 4.21 Å². The van der Waals surface area contributed by atoms with Crippen LogP contribution in [0.3, 0.4) is 0 Å². The molecule has 16 heavy (non-hydrogen) atoms. The monoisotopic (exact) mass is 240 g/mol. The standard InChI is InChI=1S/C10H16N4OS/c1-7-6-12-10(11)14-9(7)13-8-2-4-16(15)5-3-8/h6,8H,2-5H2,1H3,(H3,11,12,13,14). The van der Waals surface area contributed by atoms with Crippen molar-refractivity contribution in [2.45, 2.75) is 25.8 Å². The van der Waals surface area contributed by atoms with Gasteiger partial charge in [-0.3, -0.25) is 4.21 Å². The predicted molar refractivity (Wildman–Crippen MR) is 65.7 cm³/mol. The smallest absolute Gasteiger partial charge is 0.221 e. The number of anilines is 2. The maximum Gasteiger partial charge on any atom is 0.221 e. The molecule has 2 heterocycles. The van der Waals surface area contributed by atoms with E-state index in [0.717, 1.165) is 35.7 Å². The summed E-state index contributed by atoms with van der Waals surface area (Å²) in [6.45, 7) is 1.95. The van der Waals surface area contributed by atoms with Gasteiger partial charge >= 0.3 is 0 Å². The second-order valence-electron chi connectivity index (χ2n) is 4.03. The van der Waals surface area contributed by atoms with Gasteiger partial charge in [0.1, 0.15) is 5.82 Å². The van der Waals surface area contributed by atoms with Crippen LogP contribution in [-0.2, 0) is 10.8 Å². The Hall–Kier alpha value is -1.17. The Morgan fingerprint density at radius 1 is 1.50 bits per heavy atom. The minimum atomic E-state index is -0.626. The van der Waals surface area contributed by atoms with Gasteiger partial charge in [0.2, 0.25) is 5.95 Å². The Balaban J connectivity index is 2.03. The maximum absolute atomic E-state index is 11.2. The number of aromatic nitrogens is 2. The number of nitrogens with zero attached hydrogens (tertiary/aromatic N) is 2. The van der Waals surface area contributed by atoms with Crippen molar-refractivity contribution in [1.29, 1.82) is 0 Å². The molecule has 1 saturated heterocycles. The fraction of sp³-hybridized carbons (Fsp3) is 0.600. The van der Waals surface area contributed by atoms with E-state index in [0.29, 0.717) is 6.04 Å². The van der Waals surface area contributed by atoms with Gasteiger partial charge < -0.3 is 11.1 Å². The number of hydrogen-bond donors (Lipinski definition) is 2. The molecule has 88 valence electrons. The predicted octanol–water partition coefficient (Wildman–Crippen LogP) is 0.690. The SMILES string of the molecule is Cc1cnc(N)nc1NC1CCS(=O)CC1. The number of hydrogen-bond acceptors (Lipinski definition) is 5. The topological polar surface area (TPSA) is 80.9 Å². The zero-order valence-corrected chi connectivity index (χ0v) is 10.1. The van der Waals surface area contributed by atoms with Crippen LogP contribution in [-0.4, -0.2) is 31.7 Å². The number of rotatable bonds is 2. The van der Waals surface area contributed by atoms with Gasteiger partial charge in [-0.25, -0.2) is 4.98 Å². The maximum atomic E-state index is 11.2. The second kappa shape index (κ2) is 4.78. The van der Waals surface area contributed by atoms with Crippen molar-refractivity contribution < 1.29 is 4.21 Å². The van der Waals surface area contributed by atoms with Gasteiger partial charge in [0, 0.05) is 40.1 Å². The molecule has 6 heteroatoms. The van der Waals surface area contributed by atoms with Crippen molar-refractivity contribution in [3.05, 3.63) is 11.8 Å². The van der Waals surface area contributed by atoms with Gasteiger partial charge in [0.05, 0.1) is 0 Å². The Kier molecular flexibility index (Phi) is 3.38. The van der Waals surface area contributed by atoms with E-state index in [1.165, 1.54) is 0 Å². The van der Waals surface area contributed by atoms with Crippen molar-refractivity contribution >= 4 is 22.6 Å². The number of nitrogen functional groups attached to an aromatic ring is 1. The molecule has 0 spiro atoms. The molecule has 0 aliphatic carbocycles. The van der Waals surface area contributed by atoms with Gasteiger partial charge in [-0.1, -0.05) is 0 Å². The first-order valence-corrected chi connectivity index (χ1v) is 6.84. The largest absolute Gasteiger partial charge is 0.368 e. The lowest BCUT2D eigenvalue weighted by Gasteiger charge is -2.23. The number of nitrogens with one attached hydrogen (secondary N) is 1. The van der Waals surface area contributed by atoms with Gasteiger partial charge in [-0.15, -0.1) is 0 Å². The van der Waals surface area contributed by atoms with Crippen LogP contribution in [0.5, 0.6) is 0 Å². The molecule has 1 aliphatic heterocycles. The molecule has 2 rings (SSSR count). The minimum Gasteiger partial charge on any atom is -0.368 e. The first-order chi connectivity index (χ1) is 7.65. The van der Waals surface area contributed by atoms with Gasteiger partial charge in [-0.05, 0) is 19.8 Å². The van der Waals surface area contributed by atoms with E-state index < -0.39 is 10.8 Å². The van der Waals surface area contributed by atoms with Crippen LogP contribution in [0.2, 0.25) is 0 Å². The highest BCUT2D eigenvalue weighted by Crippen LogP contribution is 2.17. The van der Waals surface area contributed by atoms with E-state index in [1.807, 2.05) is 6.92 Å². The molecular formula is C10H16N4OS. The summed E-state index contributed by atoms with van der Waals surface area (Å²) >= 11 is 0. The third-order valence-electron chi connectivity index (χ3n) is 2.72. The van der Waals surface area contributed by atoms with Gasteiger partial charge in [0.25, 0.3) is 0 Å². The van der Waals surface area contributed by atoms with Crippen LogP contribution in [0.25, 0.3) is 0 Å². The van der Waals surface area contributed by atoms with Crippen LogP contribution in [0, 0.1) is 6.92 Å². The highest BCUT2D eigenvalue weighted by molar-refractivity contribution is 7.85. The fourth-order valence-corrected chi connectivity index (χ4v) is 3.03. The third kappa shape index (κ3) is 2.69. The van der Waals surface area contributed by atoms with Gasteiger partial charge in [-0.2, -0.15) is 4.98 Å². The molecule has 5 nitrogen and oxygen atoms in total. The molecule has 1 aromatic rings. The lowest BCUT2D eigenvalue weighted by atomic mass is 10.1. The zero-order chi connectivity index (χ0) is 11.5. The van der Waals surface area contributed by atoms with E-state index in [2.05, 4.69) is 15.3 Å². The fourth-order valence-electron chi connectivity index (χ4n) is 1.73. The summed E-state index contributed by atoms with van der Waals surface area (Å²) in [7, 11) is -0.626. The van der Waals surface area contributed by atoms with Crippen LogP contribution in [0.4, 0.5) is 11.8 Å². The van der Waals surface area contributed by atoms with E-state index in [-0.39, 0.29) is 5.95 Å². The molecule has 0 saturated carbocycles. The van der Waals surface area contributed by atoms with Crippen LogP contribution < -0.4 is 11.1 Å². The minimum absolute atomic E-state index is 0.285. The summed E-state index contributed by atoms with van der Waals surface area (Å²) in [4.78, 5) is 8.09. The molecule has 0 radical (unpaired) electrons. The van der Waals surface area contributed by atoms with Crippen molar-refractivity contribution in [2.24, 2.45) is 0 Å². The first kappa shape index (κ1) is 11.3. The summed E-state index contributed by atoms with van der Waals surface area (Å²) in [5.74, 6) is 2.63. The van der Waals surface area contributed by atoms with Crippen molar-refractivity contribution in [3.63, 3.8) is 0 Å². The Bertz CT molecular complexity index is 400. The third-order valence-corrected chi connectivity index (χ3v) is 4.10. The molecule has 0 unspecified atom stereocenters. The summed E-state index contributed by atoms with van der Waals surface area (Å²) in [5.41, 5.74) is 6.53. The molecule has 0 aromatic carbocycles. The van der Waals surface area contributed by atoms with E-state index in [1.54, 1.807) is 6.20 Å². The Labute approximate surface area is 97.3 Å². The van der Waals surface area contributed by atoms with E-state index in [4.69, 9.17) is 5.73 Å². The molecule has 0 atom stereocenters. The summed E-state index contributed by atoms with van der Waals surface area (Å²) in [5, 5.41) is 3.34. The van der Waals surface area contributed by atoms with Crippen LogP contribution in [0.1, 0.15) is 18.4 Å². The summed E-state index contributed by atoms with van der Waals surface area (Å²) in [6, 6.07) is 0.352. The van der Waals surface area contributed by atoms with Crippen LogP contribution >= 0.6 is 0 Å². The molecule has 3 N–H and O–H groups in total. The first-order valence-electron chi connectivity index (χ1n) is 5.36. The van der Waals surface area contributed by atoms with E-state index >= 15 is 0 Å². The molecular weight excluding hydrogens is 224 g/mol. The molecule has 0 amide bonds. The molecule has 1 aromatic heterocycles. The van der Waals surface area contributed by atoms with Crippen LogP contribution in [0.15, 0.2) is 6.20 Å². The Morgan fingerprint density at radius 2 is 2.19 bits per heavy atom. The average molecular weight is 240 g/mol. The Morgan fingerprint density at radius 3 is 2.88 bits per heavy atom. The number of aryl methyl sites for hydroxylation is 1. The highest BCUT2D eigenvalue weighted by atomic mass is 32.2. The normalized spacial score (nSPS) is 25.3. The summed E-state index contributed by atoms with van der Waals surface area (Å²) < 4.78 is 11.2.